The number of likely N-dealkylation sites (tertiary alicyclic amines) is 1. The maximum atomic E-state index is 13.6. The van der Waals surface area contributed by atoms with Gasteiger partial charge in [-0.2, -0.15) is 0 Å². The molecule has 0 spiro atoms. The highest BCUT2D eigenvalue weighted by atomic mass is 32.2. The first-order valence-electron chi connectivity index (χ1n) is 12.0. The molecule has 2 aromatic heterocycles. The molecule has 0 unspecified atom stereocenters. The van der Waals surface area contributed by atoms with E-state index in [4.69, 9.17) is 0 Å². The fourth-order valence-corrected chi connectivity index (χ4v) is 6.01. The summed E-state index contributed by atoms with van der Waals surface area (Å²) >= 11 is 0. The number of carbonyl (C=O) groups excluding carboxylic acids is 2. The van der Waals surface area contributed by atoms with E-state index in [-0.39, 0.29) is 29.2 Å². The average molecular weight is 512 g/mol. The molecule has 0 aliphatic carbocycles. The number of sulfone groups is 1. The summed E-state index contributed by atoms with van der Waals surface area (Å²) in [7, 11) is -3.04. The standard InChI is InChI=1S/C25H29N5O5S/c1-13-5-8-26-23(31)17(13)22-27-20-14(2)18-19(15(3)21(20)28-22)25(33)30(24(18)32)16-6-9-29(10-7-16)11-12-36(4,34)35/h5,8,16H,6-7,9-12H2,1-4H3,(H,26,31)(H,27,28). The molecule has 0 saturated carbocycles. The molecular formula is C25H29N5O5S. The molecule has 2 aliphatic heterocycles. The van der Waals surface area contributed by atoms with Gasteiger partial charge in [0.2, 0.25) is 0 Å². The molecule has 1 saturated heterocycles. The first kappa shape index (κ1) is 24.4. The van der Waals surface area contributed by atoms with Gasteiger partial charge in [-0.1, -0.05) is 0 Å². The Balaban J connectivity index is 1.47. The zero-order valence-electron chi connectivity index (χ0n) is 20.8. The molecule has 4 heterocycles. The maximum Gasteiger partial charge on any atom is 0.262 e. The van der Waals surface area contributed by atoms with E-state index in [2.05, 4.69) is 19.9 Å². The van der Waals surface area contributed by atoms with Crippen LogP contribution in [-0.4, -0.2) is 82.7 Å². The molecule has 0 bridgehead atoms. The molecule has 11 heteroatoms. The number of imide groups is 1. The van der Waals surface area contributed by atoms with Crippen molar-refractivity contribution >= 4 is 32.7 Å². The number of aryl methyl sites for hydroxylation is 3. The number of fused-ring (bicyclic) bond motifs is 2. The molecule has 10 nitrogen and oxygen atoms in total. The van der Waals surface area contributed by atoms with Gasteiger partial charge in [-0.3, -0.25) is 19.3 Å². The minimum atomic E-state index is -3.04. The summed E-state index contributed by atoms with van der Waals surface area (Å²) in [6.45, 7) is 7.12. The predicted molar refractivity (Wildman–Crippen MR) is 136 cm³/mol. The third-order valence-electron chi connectivity index (χ3n) is 7.41. The fourth-order valence-electron chi connectivity index (χ4n) is 5.42. The molecule has 1 aromatic carbocycles. The van der Waals surface area contributed by atoms with Gasteiger partial charge in [-0.25, -0.2) is 13.4 Å². The van der Waals surface area contributed by atoms with Gasteiger partial charge < -0.3 is 14.9 Å². The lowest BCUT2D eigenvalue weighted by atomic mass is 9.97. The summed E-state index contributed by atoms with van der Waals surface area (Å²) in [6, 6.07) is 1.55. The van der Waals surface area contributed by atoms with Gasteiger partial charge in [0.05, 0.1) is 33.5 Å². The Bertz CT molecular complexity index is 1520. The summed E-state index contributed by atoms with van der Waals surface area (Å²) in [5.41, 5.74) is 4.16. The van der Waals surface area contributed by atoms with Crippen LogP contribution in [0.1, 0.15) is 50.2 Å². The molecule has 0 atom stereocenters. The Morgan fingerprint density at radius 1 is 1.00 bits per heavy atom. The van der Waals surface area contributed by atoms with Crippen molar-refractivity contribution in [1.29, 1.82) is 0 Å². The van der Waals surface area contributed by atoms with Crippen LogP contribution in [0.25, 0.3) is 22.4 Å². The highest BCUT2D eigenvalue weighted by molar-refractivity contribution is 7.90. The number of H-pyrrole nitrogens is 2. The number of nitrogens with one attached hydrogen (secondary N) is 2. The van der Waals surface area contributed by atoms with Crippen LogP contribution in [0.4, 0.5) is 0 Å². The van der Waals surface area contributed by atoms with Crippen LogP contribution in [-0.2, 0) is 9.84 Å². The van der Waals surface area contributed by atoms with Gasteiger partial charge in [0.25, 0.3) is 17.4 Å². The zero-order chi connectivity index (χ0) is 25.9. The van der Waals surface area contributed by atoms with Crippen LogP contribution < -0.4 is 5.56 Å². The van der Waals surface area contributed by atoms with E-state index in [1.54, 1.807) is 26.1 Å². The third-order valence-corrected chi connectivity index (χ3v) is 8.33. The number of amides is 2. The molecule has 2 aliphatic rings. The van der Waals surface area contributed by atoms with Crippen LogP contribution in [0, 0.1) is 20.8 Å². The summed E-state index contributed by atoms with van der Waals surface area (Å²) in [4.78, 5) is 53.6. The largest absolute Gasteiger partial charge is 0.338 e. The number of imidazole rings is 1. The number of nitrogens with zero attached hydrogens (tertiary/aromatic N) is 3. The summed E-state index contributed by atoms with van der Waals surface area (Å²) in [6.07, 6.45) is 4.01. The molecule has 36 heavy (non-hydrogen) atoms. The Labute approximate surface area is 208 Å². The van der Waals surface area contributed by atoms with Crippen molar-refractivity contribution in [2.24, 2.45) is 0 Å². The van der Waals surface area contributed by atoms with Crippen molar-refractivity contribution < 1.29 is 18.0 Å². The van der Waals surface area contributed by atoms with Crippen molar-refractivity contribution in [1.82, 2.24) is 24.8 Å². The topological polar surface area (TPSA) is 136 Å². The normalized spacial score (nSPS) is 17.4. The molecule has 190 valence electrons. The van der Waals surface area contributed by atoms with Gasteiger partial charge in [-0.05, 0) is 56.4 Å². The number of hydrogen-bond donors (Lipinski definition) is 2. The number of hydrogen-bond acceptors (Lipinski definition) is 7. The maximum absolute atomic E-state index is 13.6. The van der Waals surface area contributed by atoms with Crippen molar-refractivity contribution in [3.63, 3.8) is 0 Å². The highest BCUT2D eigenvalue weighted by Crippen LogP contribution is 2.37. The van der Waals surface area contributed by atoms with Crippen molar-refractivity contribution in [3.05, 3.63) is 50.4 Å². The highest BCUT2D eigenvalue weighted by Gasteiger charge is 2.44. The van der Waals surface area contributed by atoms with E-state index in [1.807, 2.05) is 6.92 Å². The first-order chi connectivity index (χ1) is 17.0. The van der Waals surface area contributed by atoms with E-state index in [0.717, 1.165) is 5.56 Å². The summed E-state index contributed by atoms with van der Waals surface area (Å²) in [5.74, 6) is -0.127. The zero-order valence-corrected chi connectivity index (χ0v) is 21.6. The second-order valence-corrected chi connectivity index (χ2v) is 12.1. The number of rotatable bonds is 5. The molecular weight excluding hydrogens is 482 g/mol. The van der Waals surface area contributed by atoms with Crippen LogP contribution in [0.5, 0.6) is 0 Å². The molecule has 3 aromatic rings. The minimum Gasteiger partial charge on any atom is -0.338 e. The lowest BCUT2D eigenvalue weighted by Crippen LogP contribution is -2.48. The third kappa shape index (κ3) is 3.96. The van der Waals surface area contributed by atoms with Gasteiger partial charge in [0, 0.05) is 38.1 Å². The van der Waals surface area contributed by atoms with E-state index in [0.29, 0.717) is 77.2 Å². The van der Waals surface area contributed by atoms with Gasteiger partial charge >= 0.3 is 0 Å². The van der Waals surface area contributed by atoms with Crippen LogP contribution in [0.15, 0.2) is 17.1 Å². The number of benzene rings is 1. The molecule has 5 rings (SSSR count). The molecule has 2 N–H and O–H groups in total. The fraction of sp³-hybridized carbons (Fsp3) is 0.440. The molecule has 1 fully saturated rings. The summed E-state index contributed by atoms with van der Waals surface area (Å²) < 4.78 is 23.0. The number of carbonyl (C=O) groups is 2. The van der Waals surface area contributed by atoms with E-state index < -0.39 is 9.84 Å². The van der Waals surface area contributed by atoms with Crippen molar-refractivity contribution in [2.75, 3.05) is 31.6 Å². The van der Waals surface area contributed by atoms with E-state index in [1.165, 1.54) is 11.2 Å². The molecule has 2 amide bonds. The van der Waals surface area contributed by atoms with E-state index in [9.17, 15) is 22.8 Å². The Morgan fingerprint density at radius 3 is 2.25 bits per heavy atom. The van der Waals surface area contributed by atoms with Crippen molar-refractivity contribution in [3.8, 4) is 11.4 Å². The van der Waals surface area contributed by atoms with Crippen LogP contribution in [0.2, 0.25) is 0 Å². The Kier molecular flexibility index (Phi) is 5.87. The van der Waals surface area contributed by atoms with Crippen LogP contribution >= 0.6 is 0 Å². The SMILES string of the molecule is Cc1cc[nH]c(=O)c1-c1nc2c(C)c3c(c(C)c2[nH]1)C(=O)N(C1CCN(CCS(C)(=O)=O)CC1)C3=O. The van der Waals surface area contributed by atoms with Gasteiger partial charge in [-0.15, -0.1) is 0 Å². The van der Waals surface area contributed by atoms with E-state index >= 15 is 0 Å². The second-order valence-electron chi connectivity index (χ2n) is 9.86. The number of aromatic amines is 2. The predicted octanol–water partition coefficient (Wildman–Crippen LogP) is 1.95. The minimum absolute atomic E-state index is 0.0957. The van der Waals surface area contributed by atoms with Crippen molar-refractivity contribution in [2.45, 2.75) is 39.7 Å². The Hall–Kier alpha value is -3.31. The first-order valence-corrected chi connectivity index (χ1v) is 14.0. The average Bonchev–Trinajstić information content (AvgIpc) is 3.36. The lowest BCUT2D eigenvalue weighted by molar-refractivity contribution is 0.0506. The lowest BCUT2D eigenvalue weighted by Gasteiger charge is -2.35. The quantitative estimate of drug-likeness (QED) is 0.500. The molecule has 0 radical (unpaired) electrons. The van der Waals surface area contributed by atoms with Crippen LogP contribution in [0.3, 0.4) is 0 Å². The smallest absolute Gasteiger partial charge is 0.262 e. The number of piperidine rings is 1. The van der Waals surface area contributed by atoms with Gasteiger partial charge in [0.15, 0.2) is 0 Å². The Morgan fingerprint density at radius 2 is 1.64 bits per heavy atom. The monoisotopic (exact) mass is 511 g/mol. The second kappa shape index (κ2) is 8.67. The number of pyridine rings is 1. The van der Waals surface area contributed by atoms with Gasteiger partial charge in [0.1, 0.15) is 15.7 Å². The number of aromatic nitrogens is 3. The summed E-state index contributed by atoms with van der Waals surface area (Å²) in [5, 5.41) is 0.